The van der Waals surface area contributed by atoms with Crippen molar-refractivity contribution in [3.8, 4) is 0 Å². The van der Waals surface area contributed by atoms with Gasteiger partial charge in [-0.15, -0.1) is 0 Å². The number of carboxylic acids is 2. The number of aliphatic carboxylic acids is 2. The second-order valence-electron chi connectivity index (χ2n) is 2.59. The Morgan fingerprint density at radius 1 is 1.36 bits per heavy atom. The van der Waals surface area contributed by atoms with Crippen LogP contribution in [0.3, 0.4) is 0 Å². The summed E-state index contributed by atoms with van der Waals surface area (Å²) in [5.74, 6) is -2.85. The molecule has 0 spiro atoms. The van der Waals surface area contributed by atoms with E-state index < -0.39 is 24.5 Å². The van der Waals surface area contributed by atoms with Crippen LogP contribution in [0.5, 0.6) is 0 Å². The molecule has 6 heteroatoms. The zero-order chi connectivity index (χ0) is 11.6. The molecule has 2 radical (unpaired) electrons. The zero-order valence-electron chi connectivity index (χ0n) is 8.14. The summed E-state index contributed by atoms with van der Waals surface area (Å²) < 4.78 is 1.47. The smallest absolute Gasteiger partial charge is 0.333 e. The number of aliphatic hydroxyl groups is 1. The summed E-state index contributed by atoms with van der Waals surface area (Å²) in [5.41, 5.74) is 0. The molecule has 0 aromatic rings. The molecule has 1 unspecified atom stereocenters. The van der Waals surface area contributed by atoms with Crippen LogP contribution in [0, 0.1) is 0 Å². The number of hydrogen-bond donors (Lipinski definition) is 3. The van der Waals surface area contributed by atoms with Crippen molar-refractivity contribution >= 4 is 34.5 Å². The molecule has 5 nitrogen and oxygen atoms in total. The van der Waals surface area contributed by atoms with Crippen LogP contribution in [-0.4, -0.2) is 55.9 Å². The molecule has 0 fully saturated rings. The molecule has 0 aromatic carbocycles. The fraction of sp³-hybridized carbons (Fsp3) is 0.750. The van der Waals surface area contributed by atoms with Crippen LogP contribution in [0.25, 0.3) is 0 Å². The van der Waals surface area contributed by atoms with Crippen LogP contribution < -0.4 is 0 Å². The van der Waals surface area contributed by atoms with E-state index >= 15 is 0 Å². The van der Waals surface area contributed by atoms with E-state index in [0.717, 1.165) is 0 Å². The summed E-state index contributed by atoms with van der Waals surface area (Å²) in [6.45, 7) is 2.23. The van der Waals surface area contributed by atoms with Gasteiger partial charge in [0.05, 0.1) is 6.42 Å². The standard InChI is InChI=1S/C4H6O5.C4H9.Sn.H/c5-2(4(8)9)1-3(6)7;1-3-4-2;;/h2,5H,1H2,(H,6,7)(H,8,9);1,3-4H2,2H3;;. The second-order valence-corrected chi connectivity index (χ2v) is 4.24. The molecule has 0 bridgehead atoms. The van der Waals surface area contributed by atoms with Crippen molar-refractivity contribution in [3.05, 3.63) is 0 Å². The monoisotopic (exact) mass is 312 g/mol. The van der Waals surface area contributed by atoms with Gasteiger partial charge in [-0.2, -0.15) is 0 Å². The minimum Gasteiger partial charge on any atom is -0.481 e. The molecule has 14 heavy (non-hydrogen) atoms. The Hall–Kier alpha value is -0.301. The molecule has 0 heterocycles. The average Bonchev–Trinajstić information content (AvgIpc) is 2.05. The molecule has 1 atom stereocenters. The third-order valence-corrected chi connectivity index (χ3v) is 2.38. The van der Waals surface area contributed by atoms with Crippen LogP contribution in [0.2, 0.25) is 4.44 Å². The quantitative estimate of drug-likeness (QED) is 0.622. The van der Waals surface area contributed by atoms with Crippen molar-refractivity contribution in [2.24, 2.45) is 0 Å². The predicted octanol–water partition coefficient (Wildman–Crippen LogP) is 0.0122. The second kappa shape index (κ2) is 10.8. The van der Waals surface area contributed by atoms with E-state index in [4.69, 9.17) is 15.3 Å². The molecule has 0 saturated heterocycles. The number of aliphatic hydroxyl groups excluding tert-OH is 1. The maximum absolute atomic E-state index is 9.72. The molecular formula is C8H16O5Sn. The van der Waals surface area contributed by atoms with Gasteiger partial charge in [-0.05, 0) is 0 Å². The van der Waals surface area contributed by atoms with Gasteiger partial charge in [0, 0.05) is 0 Å². The first-order valence-corrected chi connectivity index (χ1v) is 6.61. The molecule has 0 aliphatic carbocycles. The third kappa shape index (κ3) is 14.2. The number of carboxylic acid groups (broad SMARTS) is 2. The fourth-order valence-corrected chi connectivity index (χ4v) is 1.62. The van der Waals surface area contributed by atoms with E-state index in [2.05, 4.69) is 6.92 Å². The Morgan fingerprint density at radius 3 is 1.93 bits per heavy atom. The molecule has 0 aliphatic rings. The van der Waals surface area contributed by atoms with Crippen molar-refractivity contribution in [2.75, 3.05) is 0 Å². The Morgan fingerprint density at radius 2 is 1.86 bits per heavy atom. The number of carbonyl (C=O) groups is 2. The fourth-order valence-electron chi connectivity index (χ4n) is 0.457. The topological polar surface area (TPSA) is 94.8 Å². The first kappa shape index (κ1) is 16.1. The summed E-state index contributed by atoms with van der Waals surface area (Å²) in [7, 11) is 0. The Bertz CT molecular complexity index is 169. The Balaban J connectivity index is 0. The van der Waals surface area contributed by atoms with E-state index in [1.165, 1.54) is 39.8 Å². The van der Waals surface area contributed by atoms with Gasteiger partial charge in [-0.25, -0.2) is 4.79 Å². The molecule has 0 amide bonds. The number of unbranched alkanes of at least 4 members (excludes halogenated alkanes) is 1. The summed E-state index contributed by atoms with van der Waals surface area (Å²) in [6.07, 6.45) is 0.279. The van der Waals surface area contributed by atoms with Crippen molar-refractivity contribution in [1.29, 1.82) is 0 Å². The van der Waals surface area contributed by atoms with Crippen LogP contribution in [0.15, 0.2) is 0 Å². The van der Waals surface area contributed by atoms with E-state index in [9.17, 15) is 9.59 Å². The molecule has 0 aliphatic heterocycles. The molecular weight excluding hydrogens is 295 g/mol. The molecule has 0 rings (SSSR count). The maximum Gasteiger partial charge on any atom is 0.333 e. The third-order valence-electron chi connectivity index (χ3n) is 1.21. The summed E-state index contributed by atoms with van der Waals surface area (Å²) in [6, 6.07) is 0. The van der Waals surface area contributed by atoms with E-state index in [1.807, 2.05) is 0 Å². The van der Waals surface area contributed by atoms with Crippen LogP contribution >= 0.6 is 0 Å². The molecule has 0 saturated carbocycles. The minimum absolute atomic E-state index is 0.755. The van der Waals surface area contributed by atoms with E-state index in [0.29, 0.717) is 0 Å². The number of rotatable bonds is 5. The van der Waals surface area contributed by atoms with Gasteiger partial charge in [0.15, 0.2) is 6.10 Å². The average molecular weight is 311 g/mol. The van der Waals surface area contributed by atoms with Gasteiger partial charge in [0.1, 0.15) is 0 Å². The SMILES string of the molecule is CCC[CH2][SnH].O=C(O)CC(O)C(=O)O. The Kier molecular flexibility index (Phi) is 12.4. The first-order valence-electron chi connectivity index (χ1n) is 4.28. The van der Waals surface area contributed by atoms with Crippen molar-refractivity contribution < 1.29 is 24.9 Å². The minimum atomic E-state index is -1.79. The van der Waals surface area contributed by atoms with Crippen molar-refractivity contribution in [2.45, 2.75) is 36.7 Å². The van der Waals surface area contributed by atoms with Crippen LogP contribution in [0.1, 0.15) is 26.2 Å². The van der Waals surface area contributed by atoms with Gasteiger partial charge in [-0.1, -0.05) is 0 Å². The summed E-state index contributed by atoms with van der Waals surface area (Å²) >= 11 is 1.45. The number of hydrogen-bond acceptors (Lipinski definition) is 3. The first-order chi connectivity index (χ1) is 6.45. The van der Waals surface area contributed by atoms with Crippen molar-refractivity contribution in [1.82, 2.24) is 0 Å². The summed E-state index contributed by atoms with van der Waals surface area (Å²) in [4.78, 5) is 19.4. The Labute approximate surface area is 96.2 Å². The normalized spacial score (nSPS) is 11.1. The molecule has 82 valence electrons. The summed E-state index contributed by atoms with van der Waals surface area (Å²) in [5, 5.41) is 24.1. The van der Waals surface area contributed by atoms with Gasteiger partial charge >= 0.3 is 58.7 Å². The predicted molar refractivity (Wildman–Crippen MR) is 52.8 cm³/mol. The maximum atomic E-state index is 9.72. The van der Waals surface area contributed by atoms with Crippen molar-refractivity contribution in [3.63, 3.8) is 0 Å². The van der Waals surface area contributed by atoms with Crippen LogP contribution in [0.4, 0.5) is 0 Å². The van der Waals surface area contributed by atoms with Gasteiger partial charge in [0.25, 0.3) is 0 Å². The zero-order valence-corrected chi connectivity index (χ0v) is 11.4. The van der Waals surface area contributed by atoms with Gasteiger partial charge in [0.2, 0.25) is 0 Å². The van der Waals surface area contributed by atoms with Gasteiger partial charge in [-0.3, -0.25) is 4.79 Å². The molecule has 0 aromatic heterocycles. The largest absolute Gasteiger partial charge is 0.481 e. The van der Waals surface area contributed by atoms with Crippen LogP contribution in [-0.2, 0) is 9.59 Å². The molecule has 3 N–H and O–H groups in total. The van der Waals surface area contributed by atoms with E-state index in [-0.39, 0.29) is 0 Å². The van der Waals surface area contributed by atoms with E-state index in [1.54, 1.807) is 0 Å². The van der Waals surface area contributed by atoms with Gasteiger partial charge < -0.3 is 15.3 Å².